The quantitative estimate of drug-likeness (QED) is 0.703. The second kappa shape index (κ2) is 7.71. The Kier molecular flexibility index (Phi) is 5.67. The number of carbonyl (C=O) groups excluding carboxylic acids is 1. The molecular formula is C16H15NO6S. The molecule has 2 rings (SSSR count). The van der Waals surface area contributed by atoms with Crippen LogP contribution in [0.15, 0.2) is 59.5 Å². The van der Waals surface area contributed by atoms with Gasteiger partial charge in [-0.05, 0) is 24.3 Å². The molecule has 2 aromatic rings. The maximum absolute atomic E-state index is 12.5. The van der Waals surface area contributed by atoms with Crippen LogP contribution in [0.1, 0.15) is 6.42 Å². The van der Waals surface area contributed by atoms with Crippen molar-refractivity contribution in [3.63, 3.8) is 0 Å². The molecule has 0 saturated carbocycles. The van der Waals surface area contributed by atoms with Crippen LogP contribution in [0.25, 0.3) is 0 Å². The van der Waals surface area contributed by atoms with E-state index in [1.165, 1.54) is 18.2 Å². The van der Waals surface area contributed by atoms with Gasteiger partial charge in [-0.1, -0.05) is 30.3 Å². The maximum Gasteiger partial charge on any atom is 0.305 e. The lowest BCUT2D eigenvalue weighted by molar-refractivity contribution is -0.138. The molecule has 24 heavy (non-hydrogen) atoms. The van der Waals surface area contributed by atoms with E-state index in [-0.39, 0.29) is 16.9 Å². The molecule has 0 saturated heterocycles. The van der Waals surface area contributed by atoms with E-state index in [0.717, 1.165) is 0 Å². The van der Waals surface area contributed by atoms with E-state index >= 15 is 0 Å². The highest BCUT2D eigenvalue weighted by molar-refractivity contribution is 7.89. The van der Waals surface area contributed by atoms with Crippen molar-refractivity contribution in [2.75, 3.05) is 0 Å². The third kappa shape index (κ3) is 4.64. The summed E-state index contributed by atoms with van der Waals surface area (Å²) in [5.41, 5.74) is 0. The first-order valence-corrected chi connectivity index (χ1v) is 8.42. The van der Waals surface area contributed by atoms with Gasteiger partial charge in [-0.15, -0.1) is 0 Å². The fourth-order valence-corrected chi connectivity index (χ4v) is 3.24. The van der Waals surface area contributed by atoms with Gasteiger partial charge in [0, 0.05) is 0 Å². The smallest absolute Gasteiger partial charge is 0.305 e. The predicted octanol–water partition coefficient (Wildman–Crippen LogP) is 1.80. The van der Waals surface area contributed by atoms with Crippen molar-refractivity contribution >= 4 is 22.3 Å². The van der Waals surface area contributed by atoms with Gasteiger partial charge in [0.15, 0.2) is 0 Å². The molecule has 1 atom stereocenters. The minimum atomic E-state index is -4.14. The topological polar surface area (TPSA) is 110 Å². The lowest BCUT2D eigenvalue weighted by Crippen LogP contribution is -2.37. The Bertz CT molecular complexity index is 819. The number of sulfonamides is 1. The Balaban J connectivity index is 2.30. The van der Waals surface area contributed by atoms with E-state index in [4.69, 9.17) is 9.84 Å². The highest BCUT2D eigenvalue weighted by atomic mass is 32.2. The van der Waals surface area contributed by atoms with Crippen molar-refractivity contribution in [3.8, 4) is 11.5 Å². The van der Waals surface area contributed by atoms with E-state index in [2.05, 4.69) is 4.72 Å². The number of para-hydroxylation sites is 2. The number of rotatable bonds is 8. The standard InChI is InChI=1S/C16H15NO6S/c18-11-12(10-16(19)20)17-24(21,22)15-9-5-4-8-14(15)23-13-6-2-1-3-7-13/h1-9,11-12,17H,10H2,(H,19,20)/t12-/m0/s1. The highest BCUT2D eigenvalue weighted by Gasteiger charge is 2.25. The number of hydrogen-bond donors (Lipinski definition) is 2. The number of aliphatic carboxylic acids is 1. The third-order valence-electron chi connectivity index (χ3n) is 2.98. The van der Waals surface area contributed by atoms with Crippen LogP contribution in [-0.2, 0) is 19.6 Å². The molecule has 0 bridgehead atoms. The molecule has 0 aliphatic rings. The number of ether oxygens (including phenoxy) is 1. The van der Waals surface area contributed by atoms with Crippen LogP contribution in [0.4, 0.5) is 0 Å². The Morgan fingerprint density at radius 1 is 1.12 bits per heavy atom. The van der Waals surface area contributed by atoms with Gasteiger partial charge >= 0.3 is 5.97 Å². The number of aldehydes is 1. The molecule has 7 nitrogen and oxygen atoms in total. The first-order valence-electron chi connectivity index (χ1n) is 6.94. The van der Waals surface area contributed by atoms with Gasteiger partial charge in [-0.25, -0.2) is 13.1 Å². The Labute approximate surface area is 138 Å². The molecule has 0 spiro atoms. The van der Waals surface area contributed by atoms with Crippen molar-refractivity contribution in [1.82, 2.24) is 4.72 Å². The summed E-state index contributed by atoms with van der Waals surface area (Å²) < 4.78 is 32.5. The number of carbonyl (C=O) groups is 2. The number of benzene rings is 2. The van der Waals surface area contributed by atoms with Crippen LogP contribution in [0.3, 0.4) is 0 Å². The van der Waals surface area contributed by atoms with E-state index in [1.807, 2.05) is 0 Å². The second-order valence-corrected chi connectivity index (χ2v) is 6.51. The molecule has 0 fully saturated rings. The lowest BCUT2D eigenvalue weighted by atomic mass is 10.2. The minimum Gasteiger partial charge on any atom is -0.481 e. The van der Waals surface area contributed by atoms with Crippen molar-refractivity contribution < 1.29 is 27.9 Å². The summed E-state index contributed by atoms with van der Waals surface area (Å²) in [4.78, 5) is 21.4. The average Bonchev–Trinajstić information content (AvgIpc) is 2.55. The highest BCUT2D eigenvalue weighted by Crippen LogP contribution is 2.28. The Morgan fingerprint density at radius 3 is 2.38 bits per heavy atom. The normalized spacial score (nSPS) is 12.3. The fourth-order valence-electron chi connectivity index (χ4n) is 1.94. The molecule has 0 aliphatic carbocycles. The predicted molar refractivity (Wildman–Crippen MR) is 85.4 cm³/mol. The molecule has 2 N–H and O–H groups in total. The van der Waals surface area contributed by atoms with Gasteiger partial charge in [0.2, 0.25) is 10.0 Å². The van der Waals surface area contributed by atoms with Crippen LogP contribution in [0.2, 0.25) is 0 Å². The summed E-state index contributed by atoms with van der Waals surface area (Å²) in [6, 6.07) is 13.1. The summed E-state index contributed by atoms with van der Waals surface area (Å²) in [6.07, 6.45) is -0.406. The number of hydrogen-bond acceptors (Lipinski definition) is 5. The van der Waals surface area contributed by atoms with Crippen molar-refractivity contribution in [2.45, 2.75) is 17.4 Å². The maximum atomic E-state index is 12.5. The van der Waals surface area contributed by atoms with E-state index in [0.29, 0.717) is 5.75 Å². The van der Waals surface area contributed by atoms with Gasteiger partial charge in [-0.3, -0.25) is 4.79 Å². The largest absolute Gasteiger partial charge is 0.481 e. The molecular weight excluding hydrogens is 334 g/mol. The molecule has 8 heteroatoms. The minimum absolute atomic E-state index is 0.0659. The van der Waals surface area contributed by atoms with Crippen LogP contribution >= 0.6 is 0 Å². The van der Waals surface area contributed by atoms with Crippen LogP contribution in [0, 0.1) is 0 Å². The number of carboxylic acids is 1. The molecule has 0 amide bonds. The van der Waals surface area contributed by atoms with Gasteiger partial charge in [0.1, 0.15) is 22.7 Å². The van der Waals surface area contributed by atoms with E-state index in [9.17, 15) is 18.0 Å². The summed E-state index contributed by atoms with van der Waals surface area (Å²) in [5, 5.41) is 8.71. The Morgan fingerprint density at radius 2 is 1.75 bits per heavy atom. The zero-order valence-electron chi connectivity index (χ0n) is 12.5. The van der Waals surface area contributed by atoms with Gasteiger partial charge in [0.05, 0.1) is 12.5 Å². The Hall–Kier alpha value is -2.71. The van der Waals surface area contributed by atoms with Crippen LogP contribution < -0.4 is 9.46 Å². The first-order chi connectivity index (χ1) is 11.4. The average molecular weight is 349 g/mol. The number of nitrogens with one attached hydrogen (secondary N) is 1. The molecule has 0 aliphatic heterocycles. The third-order valence-corrected chi connectivity index (χ3v) is 4.50. The van der Waals surface area contributed by atoms with Gasteiger partial charge in [-0.2, -0.15) is 0 Å². The molecule has 0 aromatic heterocycles. The van der Waals surface area contributed by atoms with Crippen molar-refractivity contribution in [2.24, 2.45) is 0 Å². The van der Waals surface area contributed by atoms with Gasteiger partial charge in [0.25, 0.3) is 0 Å². The SMILES string of the molecule is O=C[C@H](CC(=O)O)NS(=O)(=O)c1ccccc1Oc1ccccc1. The summed E-state index contributed by atoms with van der Waals surface area (Å²) in [6.45, 7) is 0. The zero-order valence-corrected chi connectivity index (χ0v) is 13.3. The number of carboxylic acid groups (broad SMARTS) is 1. The lowest BCUT2D eigenvalue weighted by Gasteiger charge is -2.14. The second-order valence-electron chi connectivity index (χ2n) is 4.82. The zero-order chi connectivity index (χ0) is 17.6. The summed E-state index contributed by atoms with van der Waals surface area (Å²) in [5.74, 6) is -0.780. The molecule has 0 unspecified atom stereocenters. The van der Waals surface area contributed by atoms with Crippen LogP contribution in [0.5, 0.6) is 11.5 Å². The monoisotopic (exact) mass is 349 g/mol. The molecule has 0 radical (unpaired) electrons. The van der Waals surface area contributed by atoms with Crippen molar-refractivity contribution in [1.29, 1.82) is 0 Å². The van der Waals surface area contributed by atoms with E-state index < -0.39 is 28.5 Å². The van der Waals surface area contributed by atoms with Gasteiger partial charge < -0.3 is 14.6 Å². The van der Waals surface area contributed by atoms with Crippen LogP contribution in [-0.4, -0.2) is 31.8 Å². The molecule has 2 aromatic carbocycles. The molecule has 0 heterocycles. The fraction of sp³-hybridized carbons (Fsp3) is 0.125. The molecule has 126 valence electrons. The first kappa shape index (κ1) is 17.6. The van der Waals surface area contributed by atoms with E-state index in [1.54, 1.807) is 36.4 Å². The van der Waals surface area contributed by atoms with Crippen molar-refractivity contribution in [3.05, 3.63) is 54.6 Å². The summed E-state index contributed by atoms with van der Waals surface area (Å²) in [7, 11) is -4.14. The summed E-state index contributed by atoms with van der Waals surface area (Å²) >= 11 is 0.